The van der Waals surface area contributed by atoms with Crippen LogP contribution in [0.4, 0.5) is 0 Å². The van der Waals surface area contributed by atoms with E-state index in [1.807, 2.05) is 0 Å². The molecule has 0 radical (unpaired) electrons. The molecule has 82 valence electrons. The molecule has 1 N–H and O–H groups in total. The Kier molecular flexibility index (Phi) is 4.52. The molecule has 0 saturated heterocycles. The van der Waals surface area contributed by atoms with Crippen molar-refractivity contribution in [3.05, 3.63) is 29.0 Å². The number of amides is 1. The van der Waals surface area contributed by atoms with Crippen molar-refractivity contribution in [2.75, 3.05) is 7.11 Å². The average Bonchev–Trinajstić information content (AvgIpc) is 2.26. The Morgan fingerprint density at radius 2 is 2.40 bits per heavy atom. The standard InChI is InChI=1S/C10H13ClN2O2/c1-7(15-2)10(14)13-6-9-4-3-8(11)5-12-9/h3-5,7H,6H2,1-2H3,(H,13,14)/t7-/m0/s1. The van der Waals surface area contributed by atoms with Crippen LogP contribution in [0.5, 0.6) is 0 Å². The Bertz CT molecular complexity index is 327. The zero-order chi connectivity index (χ0) is 11.3. The summed E-state index contributed by atoms with van der Waals surface area (Å²) in [4.78, 5) is 15.4. The molecule has 0 bridgehead atoms. The molecular weight excluding hydrogens is 216 g/mol. The number of nitrogens with one attached hydrogen (secondary N) is 1. The summed E-state index contributed by atoms with van der Waals surface area (Å²) in [5.74, 6) is -0.158. The topological polar surface area (TPSA) is 51.2 Å². The van der Waals surface area contributed by atoms with E-state index in [1.165, 1.54) is 7.11 Å². The van der Waals surface area contributed by atoms with Gasteiger partial charge in [0.1, 0.15) is 6.10 Å². The average molecular weight is 229 g/mol. The number of pyridine rings is 1. The summed E-state index contributed by atoms with van der Waals surface area (Å²) < 4.78 is 4.87. The highest BCUT2D eigenvalue weighted by atomic mass is 35.5. The summed E-state index contributed by atoms with van der Waals surface area (Å²) in [6, 6.07) is 3.50. The summed E-state index contributed by atoms with van der Waals surface area (Å²) in [6.45, 7) is 2.06. The van der Waals surface area contributed by atoms with E-state index in [9.17, 15) is 4.79 Å². The molecule has 0 spiro atoms. The number of ether oxygens (including phenoxy) is 1. The minimum atomic E-state index is -0.447. The Labute approximate surface area is 93.6 Å². The lowest BCUT2D eigenvalue weighted by Gasteiger charge is -2.09. The first-order valence-electron chi connectivity index (χ1n) is 4.54. The van der Waals surface area contributed by atoms with Gasteiger partial charge in [0.2, 0.25) is 5.91 Å². The van der Waals surface area contributed by atoms with E-state index < -0.39 is 6.10 Å². The molecule has 0 aromatic carbocycles. The highest BCUT2D eigenvalue weighted by Crippen LogP contribution is 2.05. The van der Waals surface area contributed by atoms with Crippen molar-refractivity contribution in [3.63, 3.8) is 0 Å². The van der Waals surface area contributed by atoms with Gasteiger partial charge in [-0.3, -0.25) is 9.78 Å². The zero-order valence-corrected chi connectivity index (χ0v) is 9.41. The number of aromatic nitrogens is 1. The number of carbonyl (C=O) groups excluding carboxylic acids is 1. The molecule has 15 heavy (non-hydrogen) atoms. The molecule has 1 heterocycles. The second-order valence-electron chi connectivity index (χ2n) is 3.06. The third kappa shape index (κ3) is 3.85. The van der Waals surface area contributed by atoms with Crippen LogP contribution in [-0.4, -0.2) is 24.1 Å². The monoisotopic (exact) mass is 228 g/mol. The van der Waals surface area contributed by atoms with Crippen LogP contribution in [0.15, 0.2) is 18.3 Å². The van der Waals surface area contributed by atoms with Crippen molar-refractivity contribution in [2.24, 2.45) is 0 Å². The molecular formula is C10H13ClN2O2. The Morgan fingerprint density at radius 3 is 2.93 bits per heavy atom. The third-order valence-electron chi connectivity index (χ3n) is 1.96. The minimum absolute atomic E-state index is 0.158. The Morgan fingerprint density at radius 1 is 1.67 bits per heavy atom. The normalized spacial score (nSPS) is 12.2. The van der Waals surface area contributed by atoms with Gasteiger partial charge in [0, 0.05) is 13.3 Å². The summed E-state index contributed by atoms with van der Waals surface area (Å²) in [5, 5.41) is 3.28. The van der Waals surface area contributed by atoms with Crippen molar-refractivity contribution in [2.45, 2.75) is 19.6 Å². The molecule has 1 aromatic rings. The molecule has 5 heteroatoms. The van der Waals surface area contributed by atoms with Gasteiger partial charge < -0.3 is 10.1 Å². The van der Waals surface area contributed by atoms with Crippen molar-refractivity contribution < 1.29 is 9.53 Å². The fourth-order valence-corrected chi connectivity index (χ4v) is 1.05. The van der Waals surface area contributed by atoms with Gasteiger partial charge in [0.15, 0.2) is 0 Å². The number of halogens is 1. The summed E-state index contributed by atoms with van der Waals surface area (Å²) in [6.07, 6.45) is 1.10. The van der Waals surface area contributed by atoms with Crippen LogP contribution in [0, 0.1) is 0 Å². The quantitative estimate of drug-likeness (QED) is 0.847. The van der Waals surface area contributed by atoms with Crippen LogP contribution < -0.4 is 5.32 Å². The molecule has 0 unspecified atom stereocenters. The first-order valence-corrected chi connectivity index (χ1v) is 4.92. The third-order valence-corrected chi connectivity index (χ3v) is 2.18. The second-order valence-corrected chi connectivity index (χ2v) is 3.50. The number of nitrogens with zero attached hydrogens (tertiary/aromatic N) is 1. The van der Waals surface area contributed by atoms with Crippen LogP contribution in [-0.2, 0) is 16.1 Å². The smallest absolute Gasteiger partial charge is 0.249 e. The number of carbonyl (C=O) groups is 1. The summed E-state index contributed by atoms with van der Waals surface area (Å²) in [5.41, 5.74) is 0.760. The molecule has 1 amide bonds. The van der Waals surface area contributed by atoms with Gasteiger partial charge in [-0.1, -0.05) is 11.6 Å². The van der Waals surface area contributed by atoms with Gasteiger partial charge in [-0.2, -0.15) is 0 Å². The van der Waals surface area contributed by atoms with Gasteiger partial charge in [-0.05, 0) is 19.1 Å². The van der Waals surface area contributed by atoms with E-state index in [0.29, 0.717) is 11.6 Å². The Hall–Kier alpha value is -1.13. The highest BCUT2D eigenvalue weighted by molar-refractivity contribution is 6.30. The largest absolute Gasteiger partial charge is 0.372 e. The molecule has 1 atom stereocenters. The van der Waals surface area contributed by atoms with Gasteiger partial charge in [0.05, 0.1) is 17.3 Å². The van der Waals surface area contributed by atoms with E-state index in [0.717, 1.165) is 5.69 Å². The lowest BCUT2D eigenvalue weighted by Crippen LogP contribution is -2.33. The zero-order valence-electron chi connectivity index (χ0n) is 8.66. The van der Waals surface area contributed by atoms with E-state index in [-0.39, 0.29) is 5.91 Å². The first kappa shape index (κ1) is 11.9. The van der Waals surface area contributed by atoms with Crippen LogP contribution >= 0.6 is 11.6 Å². The number of hydrogen-bond acceptors (Lipinski definition) is 3. The molecule has 0 aliphatic heterocycles. The van der Waals surface area contributed by atoms with Crippen molar-refractivity contribution in [1.82, 2.24) is 10.3 Å². The first-order chi connectivity index (χ1) is 7.13. The van der Waals surface area contributed by atoms with Gasteiger partial charge >= 0.3 is 0 Å². The predicted octanol–water partition coefficient (Wildman–Crippen LogP) is 1.39. The van der Waals surface area contributed by atoms with E-state index in [2.05, 4.69) is 10.3 Å². The van der Waals surface area contributed by atoms with Crippen molar-refractivity contribution >= 4 is 17.5 Å². The lowest BCUT2D eigenvalue weighted by atomic mass is 10.3. The van der Waals surface area contributed by atoms with Crippen LogP contribution in [0.2, 0.25) is 5.02 Å². The molecule has 0 aliphatic carbocycles. The fourth-order valence-electron chi connectivity index (χ4n) is 0.939. The maximum atomic E-state index is 11.3. The maximum absolute atomic E-state index is 11.3. The predicted molar refractivity (Wildman–Crippen MR) is 57.6 cm³/mol. The number of methoxy groups -OCH3 is 1. The maximum Gasteiger partial charge on any atom is 0.249 e. The molecule has 0 aliphatic rings. The molecule has 0 saturated carbocycles. The summed E-state index contributed by atoms with van der Waals surface area (Å²) >= 11 is 5.68. The van der Waals surface area contributed by atoms with Crippen LogP contribution in [0.1, 0.15) is 12.6 Å². The summed E-state index contributed by atoms with van der Waals surface area (Å²) in [7, 11) is 1.49. The van der Waals surface area contributed by atoms with Crippen molar-refractivity contribution in [3.8, 4) is 0 Å². The molecule has 4 nitrogen and oxygen atoms in total. The van der Waals surface area contributed by atoms with Gasteiger partial charge in [-0.15, -0.1) is 0 Å². The highest BCUT2D eigenvalue weighted by Gasteiger charge is 2.10. The van der Waals surface area contributed by atoms with Crippen LogP contribution in [0.3, 0.4) is 0 Å². The van der Waals surface area contributed by atoms with E-state index in [1.54, 1.807) is 25.3 Å². The van der Waals surface area contributed by atoms with E-state index >= 15 is 0 Å². The van der Waals surface area contributed by atoms with Crippen molar-refractivity contribution in [1.29, 1.82) is 0 Å². The van der Waals surface area contributed by atoms with Gasteiger partial charge in [0.25, 0.3) is 0 Å². The molecule has 1 aromatic heterocycles. The molecule has 1 rings (SSSR count). The Balaban J connectivity index is 2.43. The van der Waals surface area contributed by atoms with Crippen LogP contribution in [0.25, 0.3) is 0 Å². The number of rotatable bonds is 4. The SMILES string of the molecule is CO[C@@H](C)C(=O)NCc1ccc(Cl)cn1. The van der Waals surface area contributed by atoms with Gasteiger partial charge in [-0.25, -0.2) is 0 Å². The lowest BCUT2D eigenvalue weighted by molar-refractivity contribution is -0.130. The second kappa shape index (κ2) is 5.68. The van der Waals surface area contributed by atoms with E-state index in [4.69, 9.17) is 16.3 Å². The number of hydrogen-bond donors (Lipinski definition) is 1. The fraction of sp³-hybridized carbons (Fsp3) is 0.400. The molecule has 0 fully saturated rings. The minimum Gasteiger partial charge on any atom is -0.372 e.